The molecule has 1 amide bonds. The molecule has 0 bridgehead atoms. The number of hydrogen-bond acceptors (Lipinski definition) is 3. The molecule has 3 N–H and O–H groups in total. The Balaban J connectivity index is 2.17. The van der Waals surface area contributed by atoms with Crippen molar-refractivity contribution in [2.45, 2.75) is 52.1 Å². The van der Waals surface area contributed by atoms with E-state index in [4.69, 9.17) is 5.73 Å². The molecule has 0 saturated heterocycles. The van der Waals surface area contributed by atoms with Crippen LogP contribution in [-0.2, 0) is 6.54 Å². The maximum Gasteiger partial charge on any atom is 0.271 e. The Morgan fingerprint density at radius 1 is 1.53 bits per heavy atom. The summed E-state index contributed by atoms with van der Waals surface area (Å²) in [6, 6.07) is 0.308. The predicted molar refractivity (Wildman–Crippen MR) is 66.8 cm³/mol. The quantitative estimate of drug-likeness (QED) is 0.834. The van der Waals surface area contributed by atoms with Crippen LogP contribution in [0.4, 0.5) is 5.69 Å². The second-order valence-electron chi connectivity index (χ2n) is 4.62. The fraction of sp³-hybridized carbons (Fsp3) is 0.667. The molecule has 94 valence electrons. The average Bonchev–Trinajstić information content (AvgIpc) is 2.88. The Kier molecular flexibility index (Phi) is 3.36. The number of hydrogen-bond donors (Lipinski definition) is 2. The molecular weight excluding hydrogens is 216 g/mol. The topological polar surface area (TPSA) is 72.9 Å². The van der Waals surface area contributed by atoms with Crippen molar-refractivity contribution in [2.75, 3.05) is 5.73 Å². The summed E-state index contributed by atoms with van der Waals surface area (Å²) in [5.74, 6) is -0.0862. The third-order valence-electron chi connectivity index (χ3n) is 3.38. The zero-order valence-electron chi connectivity index (χ0n) is 10.5. The number of nitrogens with one attached hydrogen (secondary N) is 1. The SMILES string of the molecule is CCn1nc(C)c(N)c1C(=O)NC1CCCC1. The normalized spacial score (nSPS) is 16.4. The third kappa shape index (κ3) is 2.28. The summed E-state index contributed by atoms with van der Waals surface area (Å²) in [6.45, 7) is 4.44. The highest BCUT2D eigenvalue weighted by molar-refractivity contribution is 5.98. The number of anilines is 1. The fourth-order valence-electron chi connectivity index (χ4n) is 2.39. The molecule has 0 aromatic carbocycles. The molecule has 1 saturated carbocycles. The van der Waals surface area contributed by atoms with Gasteiger partial charge in [0.2, 0.25) is 0 Å². The van der Waals surface area contributed by atoms with Gasteiger partial charge >= 0.3 is 0 Å². The Bertz CT molecular complexity index is 418. The van der Waals surface area contributed by atoms with Gasteiger partial charge in [0.25, 0.3) is 5.91 Å². The van der Waals surface area contributed by atoms with Crippen molar-refractivity contribution in [3.05, 3.63) is 11.4 Å². The largest absolute Gasteiger partial charge is 0.395 e. The number of nitrogen functional groups attached to an aromatic ring is 1. The molecule has 1 aliphatic rings. The smallest absolute Gasteiger partial charge is 0.271 e. The highest BCUT2D eigenvalue weighted by Crippen LogP contribution is 2.20. The van der Waals surface area contributed by atoms with Gasteiger partial charge < -0.3 is 11.1 Å². The number of carbonyl (C=O) groups excluding carboxylic acids is 1. The van der Waals surface area contributed by atoms with Crippen LogP contribution in [-0.4, -0.2) is 21.7 Å². The summed E-state index contributed by atoms with van der Waals surface area (Å²) in [4.78, 5) is 12.2. The maximum atomic E-state index is 12.2. The van der Waals surface area contributed by atoms with Crippen LogP contribution in [0.3, 0.4) is 0 Å². The fourth-order valence-corrected chi connectivity index (χ4v) is 2.39. The van der Waals surface area contributed by atoms with Crippen molar-refractivity contribution in [1.29, 1.82) is 0 Å². The van der Waals surface area contributed by atoms with E-state index in [1.54, 1.807) is 4.68 Å². The van der Waals surface area contributed by atoms with E-state index in [2.05, 4.69) is 10.4 Å². The summed E-state index contributed by atoms with van der Waals surface area (Å²) in [5.41, 5.74) is 7.65. The standard InChI is InChI=1S/C12H20N4O/c1-3-16-11(10(13)8(2)15-16)12(17)14-9-6-4-5-7-9/h9H,3-7,13H2,1-2H3,(H,14,17). The number of nitrogens with zero attached hydrogens (tertiary/aromatic N) is 2. The molecule has 2 rings (SSSR count). The Labute approximate surface area is 101 Å². The molecule has 1 aromatic rings. The molecule has 1 fully saturated rings. The zero-order chi connectivity index (χ0) is 12.4. The second-order valence-corrected chi connectivity index (χ2v) is 4.62. The summed E-state index contributed by atoms with van der Waals surface area (Å²) < 4.78 is 1.68. The van der Waals surface area contributed by atoms with Gasteiger partial charge in [-0.25, -0.2) is 0 Å². The Morgan fingerprint density at radius 2 is 2.18 bits per heavy atom. The Hall–Kier alpha value is -1.52. The molecular formula is C12H20N4O. The first-order chi connectivity index (χ1) is 8.13. The molecule has 5 nitrogen and oxygen atoms in total. The number of carbonyl (C=O) groups is 1. The van der Waals surface area contributed by atoms with Gasteiger partial charge in [-0.3, -0.25) is 9.48 Å². The second kappa shape index (κ2) is 4.77. The van der Waals surface area contributed by atoms with Gasteiger partial charge in [0.1, 0.15) is 5.69 Å². The van der Waals surface area contributed by atoms with Crippen molar-refractivity contribution in [1.82, 2.24) is 15.1 Å². The number of aromatic nitrogens is 2. The maximum absolute atomic E-state index is 12.2. The minimum atomic E-state index is -0.0862. The van der Waals surface area contributed by atoms with Gasteiger partial charge in [-0.1, -0.05) is 12.8 Å². The van der Waals surface area contributed by atoms with E-state index in [1.807, 2.05) is 13.8 Å². The van der Waals surface area contributed by atoms with E-state index in [1.165, 1.54) is 12.8 Å². The van der Waals surface area contributed by atoms with Gasteiger partial charge in [-0.05, 0) is 26.7 Å². The van der Waals surface area contributed by atoms with Crippen molar-refractivity contribution in [3.63, 3.8) is 0 Å². The first kappa shape index (κ1) is 12.0. The first-order valence-corrected chi connectivity index (χ1v) is 6.27. The van der Waals surface area contributed by atoms with Crippen LogP contribution < -0.4 is 11.1 Å². The van der Waals surface area contributed by atoms with Crippen molar-refractivity contribution < 1.29 is 4.79 Å². The van der Waals surface area contributed by atoms with E-state index in [9.17, 15) is 4.79 Å². The zero-order valence-corrected chi connectivity index (χ0v) is 10.5. The van der Waals surface area contributed by atoms with Gasteiger partial charge in [0.05, 0.1) is 11.4 Å². The van der Waals surface area contributed by atoms with Gasteiger partial charge in [0, 0.05) is 12.6 Å². The molecule has 0 atom stereocenters. The molecule has 5 heteroatoms. The molecule has 0 unspecified atom stereocenters. The van der Waals surface area contributed by atoms with Crippen LogP contribution in [0.25, 0.3) is 0 Å². The van der Waals surface area contributed by atoms with E-state index in [0.717, 1.165) is 18.5 Å². The van der Waals surface area contributed by atoms with E-state index < -0.39 is 0 Å². The number of rotatable bonds is 3. The lowest BCUT2D eigenvalue weighted by atomic mass is 10.2. The van der Waals surface area contributed by atoms with Crippen LogP contribution in [0.5, 0.6) is 0 Å². The predicted octanol–water partition coefficient (Wildman–Crippen LogP) is 1.47. The van der Waals surface area contributed by atoms with Crippen LogP contribution in [0.1, 0.15) is 48.8 Å². The van der Waals surface area contributed by atoms with Crippen LogP contribution >= 0.6 is 0 Å². The van der Waals surface area contributed by atoms with E-state index >= 15 is 0 Å². The van der Waals surface area contributed by atoms with E-state index in [0.29, 0.717) is 24.0 Å². The monoisotopic (exact) mass is 236 g/mol. The van der Waals surface area contributed by atoms with E-state index in [-0.39, 0.29) is 5.91 Å². The van der Waals surface area contributed by atoms with Gasteiger partial charge in [-0.2, -0.15) is 5.10 Å². The van der Waals surface area contributed by atoms with Crippen molar-refractivity contribution >= 4 is 11.6 Å². The summed E-state index contributed by atoms with van der Waals surface area (Å²) in [5, 5.41) is 7.30. The highest BCUT2D eigenvalue weighted by Gasteiger charge is 2.23. The lowest BCUT2D eigenvalue weighted by Gasteiger charge is -2.12. The van der Waals surface area contributed by atoms with Crippen molar-refractivity contribution in [2.24, 2.45) is 0 Å². The molecule has 17 heavy (non-hydrogen) atoms. The Morgan fingerprint density at radius 3 is 2.76 bits per heavy atom. The molecule has 1 aromatic heterocycles. The summed E-state index contributed by atoms with van der Waals surface area (Å²) in [6.07, 6.45) is 4.55. The summed E-state index contributed by atoms with van der Waals surface area (Å²) >= 11 is 0. The number of aryl methyl sites for hydroxylation is 2. The average molecular weight is 236 g/mol. The summed E-state index contributed by atoms with van der Waals surface area (Å²) in [7, 11) is 0. The molecule has 0 spiro atoms. The minimum absolute atomic E-state index is 0.0862. The molecule has 1 heterocycles. The molecule has 1 aliphatic carbocycles. The van der Waals surface area contributed by atoms with Crippen LogP contribution in [0.2, 0.25) is 0 Å². The lowest BCUT2D eigenvalue weighted by Crippen LogP contribution is -2.34. The number of amides is 1. The highest BCUT2D eigenvalue weighted by atomic mass is 16.2. The van der Waals surface area contributed by atoms with Crippen LogP contribution in [0.15, 0.2) is 0 Å². The van der Waals surface area contributed by atoms with Crippen molar-refractivity contribution in [3.8, 4) is 0 Å². The number of nitrogens with two attached hydrogens (primary N) is 1. The molecule has 0 aliphatic heterocycles. The minimum Gasteiger partial charge on any atom is -0.395 e. The van der Waals surface area contributed by atoms with Gasteiger partial charge in [0.15, 0.2) is 0 Å². The van der Waals surface area contributed by atoms with Gasteiger partial charge in [-0.15, -0.1) is 0 Å². The third-order valence-corrected chi connectivity index (χ3v) is 3.38. The lowest BCUT2D eigenvalue weighted by molar-refractivity contribution is 0.0928. The molecule has 0 radical (unpaired) electrons. The first-order valence-electron chi connectivity index (χ1n) is 6.27. The van der Waals surface area contributed by atoms with Crippen LogP contribution in [0, 0.1) is 6.92 Å².